The van der Waals surface area contributed by atoms with E-state index in [1.807, 2.05) is 44.3 Å². The summed E-state index contributed by atoms with van der Waals surface area (Å²) in [7, 11) is 1.81. The van der Waals surface area contributed by atoms with Crippen LogP contribution in [-0.2, 0) is 4.79 Å². The first kappa shape index (κ1) is 14.4. The van der Waals surface area contributed by atoms with Gasteiger partial charge in [-0.05, 0) is 38.2 Å². The van der Waals surface area contributed by atoms with Gasteiger partial charge in [0.05, 0.1) is 23.9 Å². The van der Waals surface area contributed by atoms with Gasteiger partial charge < -0.3 is 10.4 Å². The fourth-order valence-corrected chi connectivity index (χ4v) is 2.00. The number of likely N-dealkylation sites (N-methyl/N-ethyl adjacent to an activating group) is 1. The summed E-state index contributed by atoms with van der Waals surface area (Å²) < 4.78 is 0. The van der Waals surface area contributed by atoms with E-state index >= 15 is 0 Å². The summed E-state index contributed by atoms with van der Waals surface area (Å²) >= 11 is 0. The normalized spacial score (nSPS) is 12.6. The summed E-state index contributed by atoms with van der Waals surface area (Å²) in [5, 5.41) is 12.8. The van der Waals surface area contributed by atoms with Gasteiger partial charge in [-0.2, -0.15) is 0 Å². The Morgan fingerprint density at radius 3 is 2.95 bits per heavy atom. The molecule has 2 N–H and O–H groups in total. The highest BCUT2D eigenvalue weighted by atomic mass is 16.3. The van der Waals surface area contributed by atoms with Crippen LogP contribution in [0.25, 0.3) is 10.9 Å². The molecule has 5 nitrogen and oxygen atoms in total. The van der Waals surface area contributed by atoms with Crippen molar-refractivity contribution in [1.29, 1.82) is 0 Å². The van der Waals surface area contributed by atoms with Crippen molar-refractivity contribution in [3.8, 4) is 0 Å². The molecule has 0 saturated heterocycles. The van der Waals surface area contributed by atoms with Gasteiger partial charge in [-0.25, -0.2) is 0 Å². The van der Waals surface area contributed by atoms with Crippen LogP contribution in [0, 0.1) is 0 Å². The van der Waals surface area contributed by atoms with E-state index in [9.17, 15) is 4.79 Å². The van der Waals surface area contributed by atoms with Crippen LogP contribution in [0.5, 0.6) is 0 Å². The Balaban J connectivity index is 2.18. The molecule has 1 aromatic carbocycles. The molecule has 1 atom stereocenters. The van der Waals surface area contributed by atoms with E-state index in [-0.39, 0.29) is 18.6 Å². The number of amides is 1. The smallest absolute Gasteiger partial charge is 0.241 e. The van der Waals surface area contributed by atoms with Crippen LogP contribution in [-0.4, -0.2) is 47.1 Å². The number of benzene rings is 1. The van der Waals surface area contributed by atoms with Gasteiger partial charge in [0.25, 0.3) is 0 Å². The number of rotatable bonds is 5. The predicted molar refractivity (Wildman–Crippen MR) is 79.6 cm³/mol. The number of aliphatic hydroxyl groups is 1. The Hall–Kier alpha value is -1.98. The van der Waals surface area contributed by atoms with Gasteiger partial charge in [0, 0.05) is 18.1 Å². The topological polar surface area (TPSA) is 65.5 Å². The minimum atomic E-state index is -0.311. The molecule has 0 radical (unpaired) electrons. The van der Waals surface area contributed by atoms with Crippen molar-refractivity contribution >= 4 is 22.5 Å². The molecule has 0 aliphatic carbocycles. The highest BCUT2D eigenvalue weighted by Gasteiger charge is 2.18. The molecule has 2 rings (SSSR count). The maximum absolute atomic E-state index is 12.2. The maximum Gasteiger partial charge on any atom is 0.241 e. The fourth-order valence-electron chi connectivity index (χ4n) is 2.00. The van der Waals surface area contributed by atoms with Crippen molar-refractivity contribution < 1.29 is 9.90 Å². The number of carbonyl (C=O) groups is 1. The molecule has 0 saturated carbocycles. The van der Waals surface area contributed by atoms with E-state index in [2.05, 4.69) is 10.3 Å². The number of aliphatic hydroxyl groups excluding tert-OH is 1. The summed E-state index contributed by atoms with van der Waals surface area (Å²) in [6, 6.07) is 9.11. The van der Waals surface area contributed by atoms with E-state index in [0.29, 0.717) is 6.54 Å². The van der Waals surface area contributed by atoms with E-state index in [0.717, 1.165) is 16.6 Å². The lowest BCUT2D eigenvalue weighted by Crippen LogP contribution is -2.40. The zero-order valence-electron chi connectivity index (χ0n) is 11.7. The number of anilines is 1. The lowest BCUT2D eigenvalue weighted by molar-refractivity contribution is -0.120. The molecule has 106 valence electrons. The standard InChI is InChI=1S/C15H19N3O2/c1-11(18(2)9-10-19)15(20)17-14-7-3-6-13-12(14)5-4-8-16-13/h3-8,11,19H,9-10H2,1-2H3,(H,17,20). The summed E-state index contributed by atoms with van der Waals surface area (Å²) in [5.74, 6) is -0.0997. The molecule has 1 heterocycles. The Kier molecular flexibility index (Phi) is 4.65. The van der Waals surface area contributed by atoms with Crippen LogP contribution in [0.4, 0.5) is 5.69 Å². The van der Waals surface area contributed by atoms with Crippen LogP contribution in [0.1, 0.15) is 6.92 Å². The molecule has 5 heteroatoms. The first-order valence-corrected chi connectivity index (χ1v) is 6.59. The van der Waals surface area contributed by atoms with Crippen LogP contribution < -0.4 is 5.32 Å². The van der Waals surface area contributed by atoms with Crippen LogP contribution in [0.3, 0.4) is 0 Å². The summed E-state index contributed by atoms with van der Waals surface area (Å²) in [4.78, 5) is 18.3. The third kappa shape index (κ3) is 3.12. The van der Waals surface area contributed by atoms with E-state index in [1.165, 1.54) is 0 Å². The molecule has 0 aliphatic rings. The number of nitrogens with one attached hydrogen (secondary N) is 1. The van der Waals surface area contributed by atoms with E-state index < -0.39 is 0 Å². The van der Waals surface area contributed by atoms with Gasteiger partial charge in [-0.1, -0.05) is 6.07 Å². The first-order valence-electron chi connectivity index (χ1n) is 6.59. The number of carbonyl (C=O) groups excluding carboxylic acids is 1. The van der Waals surface area contributed by atoms with Crippen LogP contribution in [0.2, 0.25) is 0 Å². The van der Waals surface area contributed by atoms with Crippen LogP contribution in [0.15, 0.2) is 36.5 Å². The highest BCUT2D eigenvalue weighted by molar-refractivity contribution is 6.02. The number of aromatic nitrogens is 1. The molecule has 0 fully saturated rings. The minimum absolute atomic E-state index is 0.0340. The molecule has 0 spiro atoms. The largest absolute Gasteiger partial charge is 0.395 e. The van der Waals surface area contributed by atoms with E-state index in [4.69, 9.17) is 5.11 Å². The Morgan fingerprint density at radius 1 is 1.40 bits per heavy atom. The molecule has 1 aromatic heterocycles. The molecular formula is C15H19N3O2. The van der Waals surface area contributed by atoms with Crippen molar-refractivity contribution in [3.63, 3.8) is 0 Å². The fraction of sp³-hybridized carbons (Fsp3) is 0.333. The molecule has 20 heavy (non-hydrogen) atoms. The molecule has 1 amide bonds. The van der Waals surface area contributed by atoms with Gasteiger partial charge in [-0.15, -0.1) is 0 Å². The molecule has 1 unspecified atom stereocenters. The van der Waals surface area contributed by atoms with Crippen molar-refractivity contribution in [3.05, 3.63) is 36.5 Å². The summed E-state index contributed by atoms with van der Waals surface area (Å²) in [6.45, 7) is 2.31. The van der Waals surface area contributed by atoms with Gasteiger partial charge in [0.2, 0.25) is 5.91 Å². The van der Waals surface area contributed by atoms with Gasteiger partial charge in [0.1, 0.15) is 0 Å². The third-order valence-electron chi connectivity index (χ3n) is 3.40. The van der Waals surface area contributed by atoms with Gasteiger partial charge in [-0.3, -0.25) is 14.7 Å². The zero-order valence-corrected chi connectivity index (χ0v) is 11.7. The van der Waals surface area contributed by atoms with Crippen molar-refractivity contribution in [2.24, 2.45) is 0 Å². The number of hydrogen-bond donors (Lipinski definition) is 2. The number of fused-ring (bicyclic) bond motifs is 1. The quantitative estimate of drug-likeness (QED) is 0.866. The Morgan fingerprint density at radius 2 is 2.20 bits per heavy atom. The third-order valence-corrected chi connectivity index (χ3v) is 3.40. The number of nitrogens with zero attached hydrogens (tertiary/aromatic N) is 2. The molecule has 0 bridgehead atoms. The van der Waals surface area contributed by atoms with Gasteiger partial charge in [0.15, 0.2) is 0 Å². The Labute approximate surface area is 118 Å². The van der Waals surface area contributed by atoms with Crippen molar-refractivity contribution in [2.75, 3.05) is 25.5 Å². The SMILES string of the molecule is CC(C(=O)Nc1cccc2ncccc12)N(C)CCO. The second-order valence-corrected chi connectivity index (χ2v) is 4.75. The second-order valence-electron chi connectivity index (χ2n) is 4.75. The number of pyridine rings is 1. The van der Waals surface area contributed by atoms with Crippen LogP contribution >= 0.6 is 0 Å². The highest BCUT2D eigenvalue weighted by Crippen LogP contribution is 2.21. The predicted octanol–water partition coefficient (Wildman–Crippen LogP) is 1.49. The monoisotopic (exact) mass is 273 g/mol. The Bertz CT molecular complexity index is 595. The summed E-state index contributed by atoms with van der Waals surface area (Å²) in [5.41, 5.74) is 1.60. The molecular weight excluding hydrogens is 254 g/mol. The van der Waals surface area contributed by atoms with Crippen molar-refractivity contribution in [1.82, 2.24) is 9.88 Å². The average Bonchev–Trinajstić information content (AvgIpc) is 2.47. The van der Waals surface area contributed by atoms with Gasteiger partial charge >= 0.3 is 0 Å². The second kappa shape index (κ2) is 6.45. The molecule has 2 aromatic rings. The van der Waals surface area contributed by atoms with E-state index in [1.54, 1.807) is 11.1 Å². The lowest BCUT2D eigenvalue weighted by Gasteiger charge is -2.23. The molecule has 0 aliphatic heterocycles. The maximum atomic E-state index is 12.2. The number of hydrogen-bond acceptors (Lipinski definition) is 4. The van der Waals surface area contributed by atoms with Crippen molar-refractivity contribution in [2.45, 2.75) is 13.0 Å². The lowest BCUT2D eigenvalue weighted by atomic mass is 10.1. The first-order chi connectivity index (χ1) is 9.63. The zero-order chi connectivity index (χ0) is 14.5. The summed E-state index contributed by atoms with van der Waals surface area (Å²) in [6.07, 6.45) is 1.73. The average molecular weight is 273 g/mol. The minimum Gasteiger partial charge on any atom is -0.395 e.